The molecule has 10 heteroatoms. The molecule has 4 rings (SSSR count). The molecule has 0 aliphatic carbocycles. The van der Waals surface area contributed by atoms with Gasteiger partial charge in [0, 0.05) is 21.2 Å². The van der Waals surface area contributed by atoms with E-state index in [0.717, 1.165) is 25.6 Å². The molecule has 0 unspecified atom stereocenters. The first kappa shape index (κ1) is 23.2. The largest absolute Gasteiger partial charge is 0.486 e. The van der Waals surface area contributed by atoms with Crippen LogP contribution >= 0.6 is 67.3 Å². The molecule has 0 radical (unpaired) electrons. The third-order valence-electron chi connectivity index (χ3n) is 4.41. The standard InChI is InChI=1S/C22H14Br2Cl2N4OS/c23-17-8-13(9-18(24)20(17)31-12-15-6-7-16(25)10-19(15)26)11-27-30-21(28-29-22(30)32)14-4-2-1-3-5-14/h1-11H,12H2,(H,29,32)/b27-11-. The van der Waals surface area contributed by atoms with Crippen LogP contribution in [0.4, 0.5) is 0 Å². The average Bonchev–Trinajstić information content (AvgIpc) is 3.14. The molecule has 0 saturated carbocycles. The van der Waals surface area contributed by atoms with Gasteiger partial charge < -0.3 is 4.74 Å². The van der Waals surface area contributed by atoms with Gasteiger partial charge in [0.2, 0.25) is 4.77 Å². The molecule has 3 aromatic carbocycles. The van der Waals surface area contributed by atoms with E-state index in [0.29, 0.717) is 33.0 Å². The Kier molecular flexibility index (Phi) is 7.48. The molecule has 0 saturated heterocycles. The number of nitrogens with zero attached hydrogens (tertiary/aromatic N) is 3. The summed E-state index contributed by atoms with van der Waals surface area (Å²) >= 11 is 24.7. The molecular formula is C22H14Br2Cl2N4OS. The van der Waals surface area contributed by atoms with E-state index in [1.165, 1.54) is 0 Å². The first-order valence-corrected chi connectivity index (χ1v) is 12.0. The van der Waals surface area contributed by atoms with Crippen molar-refractivity contribution >= 4 is 73.5 Å². The Labute approximate surface area is 216 Å². The van der Waals surface area contributed by atoms with Gasteiger partial charge in [-0.25, -0.2) is 5.10 Å². The fourth-order valence-corrected chi connectivity index (χ4v) is 4.97. The van der Waals surface area contributed by atoms with E-state index in [4.69, 9.17) is 40.2 Å². The van der Waals surface area contributed by atoms with Gasteiger partial charge in [-0.3, -0.25) is 0 Å². The molecule has 0 spiro atoms. The van der Waals surface area contributed by atoms with E-state index in [2.05, 4.69) is 47.2 Å². The highest BCUT2D eigenvalue weighted by molar-refractivity contribution is 9.11. The third-order valence-corrected chi connectivity index (χ3v) is 6.44. The Morgan fingerprint density at radius 1 is 1.06 bits per heavy atom. The van der Waals surface area contributed by atoms with Crippen molar-refractivity contribution in [3.8, 4) is 17.1 Å². The van der Waals surface area contributed by atoms with Crippen molar-refractivity contribution in [2.24, 2.45) is 5.10 Å². The Morgan fingerprint density at radius 2 is 1.78 bits per heavy atom. The summed E-state index contributed by atoms with van der Waals surface area (Å²) in [5, 5.41) is 12.7. The molecule has 0 atom stereocenters. The van der Waals surface area contributed by atoms with Crippen LogP contribution in [-0.2, 0) is 6.61 Å². The van der Waals surface area contributed by atoms with E-state index >= 15 is 0 Å². The van der Waals surface area contributed by atoms with Crippen LogP contribution in [0.5, 0.6) is 5.75 Å². The normalized spacial score (nSPS) is 11.2. The lowest BCUT2D eigenvalue weighted by Gasteiger charge is -2.12. The Hall–Kier alpha value is -1.97. The zero-order valence-electron chi connectivity index (χ0n) is 16.2. The van der Waals surface area contributed by atoms with Gasteiger partial charge in [0.25, 0.3) is 0 Å². The van der Waals surface area contributed by atoms with Crippen molar-refractivity contribution in [3.63, 3.8) is 0 Å². The first-order valence-electron chi connectivity index (χ1n) is 9.25. The summed E-state index contributed by atoms with van der Waals surface area (Å²) in [6.07, 6.45) is 1.70. The third kappa shape index (κ3) is 5.32. The van der Waals surface area contributed by atoms with E-state index < -0.39 is 0 Å². The summed E-state index contributed by atoms with van der Waals surface area (Å²) in [7, 11) is 0. The van der Waals surface area contributed by atoms with Crippen molar-refractivity contribution in [1.29, 1.82) is 0 Å². The molecule has 0 bridgehead atoms. The summed E-state index contributed by atoms with van der Waals surface area (Å²) < 4.78 is 9.48. The molecule has 1 N–H and O–H groups in total. The van der Waals surface area contributed by atoms with Gasteiger partial charge in [0.05, 0.1) is 15.2 Å². The molecule has 0 amide bonds. The van der Waals surface area contributed by atoms with Gasteiger partial charge in [-0.2, -0.15) is 14.9 Å². The van der Waals surface area contributed by atoms with Crippen LogP contribution in [0.25, 0.3) is 11.4 Å². The van der Waals surface area contributed by atoms with Gasteiger partial charge in [-0.15, -0.1) is 0 Å². The number of H-pyrrole nitrogens is 1. The molecule has 162 valence electrons. The van der Waals surface area contributed by atoms with Gasteiger partial charge in [0.15, 0.2) is 5.82 Å². The minimum absolute atomic E-state index is 0.297. The summed E-state index contributed by atoms with van der Waals surface area (Å²) in [5.74, 6) is 1.28. The fourth-order valence-electron chi connectivity index (χ4n) is 2.88. The van der Waals surface area contributed by atoms with E-state index in [1.807, 2.05) is 48.5 Å². The molecule has 32 heavy (non-hydrogen) atoms. The van der Waals surface area contributed by atoms with Crippen LogP contribution < -0.4 is 4.74 Å². The molecular weight excluding hydrogens is 599 g/mol. The van der Waals surface area contributed by atoms with Crippen molar-refractivity contribution in [3.05, 3.63) is 95.6 Å². The Morgan fingerprint density at radius 3 is 2.47 bits per heavy atom. The van der Waals surface area contributed by atoms with Crippen molar-refractivity contribution in [2.45, 2.75) is 6.61 Å². The first-order chi connectivity index (χ1) is 15.4. The lowest BCUT2D eigenvalue weighted by Crippen LogP contribution is -1.99. The fraction of sp³-hybridized carbons (Fsp3) is 0.0455. The number of aromatic nitrogens is 3. The highest BCUT2D eigenvalue weighted by Gasteiger charge is 2.11. The van der Waals surface area contributed by atoms with Crippen LogP contribution in [0, 0.1) is 4.77 Å². The number of ether oxygens (including phenoxy) is 1. The highest BCUT2D eigenvalue weighted by Crippen LogP contribution is 2.35. The zero-order valence-corrected chi connectivity index (χ0v) is 21.7. The van der Waals surface area contributed by atoms with Crippen molar-refractivity contribution in [2.75, 3.05) is 0 Å². The number of halogens is 4. The molecule has 1 heterocycles. The summed E-state index contributed by atoms with van der Waals surface area (Å²) in [5.41, 5.74) is 2.58. The average molecular weight is 613 g/mol. The lowest BCUT2D eigenvalue weighted by molar-refractivity contribution is 0.302. The second-order valence-electron chi connectivity index (χ2n) is 6.61. The van der Waals surface area contributed by atoms with Crippen LogP contribution in [0.2, 0.25) is 10.0 Å². The van der Waals surface area contributed by atoms with Gasteiger partial charge in [0.1, 0.15) is 12.4 Å². The molecule has 4 aromatic rings. The van der Waals surface area contributed by atoms with E-state index in [1.54, 1.807) is 23.0 Å². The van der Waals surface area contributed by atoms with Crippen LogP contribution in [-0.4, -0.2) is 21.1 Å². The van der Waals surface area contributed by atoms with Gasteiger partial charge in [-0.05, 0) is 73.9 Å². The second-order valence-corrected chi connectivity index (χ2v) is 9.55. The minimum atomic E-state index is 0.297. The molecule has 0 fully saturated rings. The van der Waals surface area contributed by atoms with Gasteiger partial charge >= 0.3 is 0 Å². The lowest BCUT2D eigenvalue weighted by atomic mass is 10.2. The zero-order chi connectivity index (χ0) is 22.7. The number of aromatic amines is 1. The van der Waals surface area contributed by atoms with Crippen LogP contribution in [0.1, 0.15) is 11.1 Å². The Bertz CT molecular complexity index is 1330. The molecule has 0 aliphatic rings. The minimum Gasteiger partial charge on any atom is -0.486 e. The maximum atomic E-state index is 6.24. The number of nitrogens with one attached hydrogen (secondary N) is 1. The number of rotatable bonds is 6. The summed E-state index contributed by atoms with van der Waals surface area (Å²) in [6.45, 7) is 0.297. The van der Waals surface area contributed by atoms with Crippen LogP contribution in [0.15, 0.2) is 74.7 Å². The SMILES string of the molecule is S=c1[nH]nc(-c2ccccc2)n1/N=C\c1cc(Br)c(OCc2ccc(Cl)cc2Cl)c(Br)c1. The second kappa shape index (κ2) is 10.3. The topological polar surface area (TPSA) is 55.2 Å². The predicted octanol–water partition coefficient (Wildman–Crippen LogP) is 7.90. The maximum Gasteiger partial charge on any atom is 0.216 e. The number of hydrogen-bond acceptors (Lipinski definition) is 4. The smallest absolute Gasteiger partial charge is 0.216 e. The highest BCUT2D eigenvalue weighted by atomic mass is 79.9. The van der Waals surface area contributed by atoms with E-state index in [9.17, 15) is 0 Å². The molecule has 0 aliphatic heterocycles. The van der Waals surface area contributed by atoms with Crippen molar-refractivity contribution < 1.29 is 4.74 Å². The van der Waals surface area contributed by atoms with Crippen LogP contribution in [0.3, 0.4) is 0 Å². The van der Waals surface area contributed by atoms with Crippen molar-refractivity contribution in [1.82, 2.24) is 14.9 Å². The summed E-state index contributed by atoms with van der Waals surface area (Å²) in [4.78, 5) is 0. The molecule has 5 nitrogen and oxygen atoms in total. The summed E-state index contributed by atoms with van der Waals surface area (Å²) in [6, 6.07) is 18.8. The quantitative estimate of drug-likeness (QED) is 0.178. The Balaban J connectivity index is 1.56. The number of benzene rings is 3. The molecule has 1 aromatic heterocycles. The van der Waals surface area contributed by atoms with E-state index in [-0.39, 0.29) is 0 Å². The maximum absolute atomic E-state index is 6.24. The predicted molar refractivity (Wildman–Crippen MR) is 138 cm³/mol. The number of hydrogen-bond donors (Lipinski definition) is 1. The monoisotopic (exact) mass is 610 g/mol. The van der Waals surface area contributed by atoms with Gasteiger partial charge in [-0.1, -0.05) is 59.6 Å².